The highest BCUT2D eigenvalue weighted by Gasteiger charge is 2.34. The molecule has 1 aromatic carbocycles. The minimum absolute atomic E-state index is 0.186. The zero-order chi connectivity index (χ0) is 20.9. The largest absolute Gasteiger partial charge is 0.417 e. The van der Waals surface area contributed by atoms with Gasteiger partial charge in [0.1, 0.15) is 0 Å². The van der Waals surface area contributed by atoms with E-state index in [1.54, 1.807) is 31.5 Å². The zero-order valence-electron chi connectivity index (χ0n) is 14.6. The first-order valence-corrected chi connectivity index (χ1v) is 9.92. The molecular weight excluding hydrogens is 419 g/mol. The van der Waals surface area contributed by atoms with Crippen molar-refractivity contribution >= 4 is 27.5 Å². The number of halogens is 4. The van der Waals surface area contributed by atoms with Crippen LogP contribution in [0.4, 0.5) is 13.2 Å². The monoisotopic (exact) mass is 435 g/mol. The maximum atomic E-state index is 12.9. The molecule has 1 amide bonds. The molecule has 0 saturated carbocycles. The molecule has 0 unspecified atom stereocenters. The van der Waals surface area contributed by atoms with Gasteiger partial charge in [-0.2, -0.15) is 13.2 Å². The number of rotatable bonds is 7. The van der Waals surface area contributed by atoms with Crippen LogP contribution in [0, 0.1) is 0 Å². The second kappa shape index (κ2) is 8.89. The highest BCUT2D eigenvalue weighted by molar-refractivity contribution is 7.89. The lowest BCUT2D eigenvalue weighted by atomic mass is 10.1. The predicted molar refractivity (Wildman–Crippen MR) is 97.1 cm³/mol. The van der Waals surface area contributed by atoms with Crippen molar-refractivity contribution in [3.8, 4) is 0 Å². The van der Waals surface area contributed by atoms with Gasteiger partial charge >= 0.3 is 6.18 Å². The molecule has 1 atom stereocenters. The van der Waals surface area contributed by atoms with Gasteiger partial charge in [-0.25, -0.2) is 13.1 Å². The van der Waals surface area contributed by atoms with E-state index in [1.807, 2.05) is 0 Å². The summed E-state index contributed by atoms with van der Waals surface area (Å²) in [5.74, 6) is -0.418. The van der Waals surface area contributed by atoms with Gasteiger partial charge < -0.3 is 5.32 Å². The third kappa shape index (κ3) is 5.91. The number of carbonyl (C=O) groups is 1. The summed E-state index contributed by atoms with van der Waals surface area (Å²) in [6, 6.07) is 5.43. The summed E-state index contributed by atoms with van der Waals surface area (Å²) in [7, 11) is -4.23. The summed E-state index contributed by atoms with van der Waals surface area (Å²) < 4.78 is 65.1. The number of nitrogens with one attached hydrogen (secondary N) is 2. The first-order chi connectivity index (χ1) is 13.0. The van der Waals surface area contributed by atoms with Crippen LogP contribution in [-0.4, -0.2) is 25.9 Å². The van der Waals surface area contributed by atoms with Crippen molar-refractivity contribution in [2.75, 3.05) is 6.54 Å². The van der Waals surface area contributed by atoms with Crippen LogP contribution in [0.15, 0.2) is 47.6 Å². The van der Waals surface area contributed by atoms with Crippen molar-refractivity contribution in [2.24, 2.45) is 0 Å². The third-order valence-corrected chi connectivity index (χ3v) is 5.57. The van der Waals surface area contributed by atoms with Gasteiger partial charge in [0.15, 0.2) is 0 Å². The fourth-order valence-corrected chi connectivity index (χ4v) is 3.60. The van der Waals surface area contributed by atoms with Crippen LogP contribution in [0.5, 0.6) is 0 Å². The van der Waals surface area contributed by atoms with E-state index in [-0.39, 0.29) is 19.0 Å². The van der Waals surface area contributed by atoms with Gasteiger partial charge in [0, 0.05) is 25.4 Å². The normalized spacial score (nSPS) is 13.2. The number of nitrogens with zero attached hydrogens (tertiary/aromatic N) is 1. The SMILES string of the molecule is C[C@H](NC(=O)CCNS(=O)(=O)c1ccc(Cl)c(C(F)(F)F)c1)c1ccncc1. The number of alkyl halides is 3. The number of amides is 1. The lowest BCUT2D eigenvalue weighted by Crippen LogP contribution is -2.32. The lowest BCUT2D eigenvalue weighted by molar-refractivity contribution is -0.137. The highest BCUT2D eigenvalue weighted by atomic mass is 35.5. The van der Waals surface area contributed by atoms with Gasteiger partial charge in [-0.3, -0.25) is 9.78 Å². The predicted octanol–water partition coefficient (Wildman–Crippen LogP) is 3.30. The van der Waals surface area contributed by atoms with Crippen molar-refractivity contribution in [3.63, 3.8) is 0 Å². The second-order valence-electron chi connectivity index (χ2n) is 5.86. The average Bonchev–Trinajstić information content (AvgIpc) is 2.61. The Balaban J connectivity index is 1.96. The van der Waals surface area contributed by atoms with Crippen molar-refractivity contribution in [1.82, 2.24) is 15.0 Å². The molecule has 1 aromatic heterocycles. The average molecular weight is 436 g/mol. The number of benzene rings is 1. The smallest absolute Gasteiger partial charge is 0.350 e. The van der Waals surface area contributed by atoms with E-state index < -0.39 is 37.6 Å². The molecule has 0 fully saturated rings. The molecule has 152 valence electrons. The highest BCUT2D eigenvalue weighted by Crippen LogP contribution is 2.35. The van der Waals surface area contributed by atoms with Gasteiger partial charge in [-0.1, -0.05) is 11.6 Å². The van der Waals surface area contributed by atoms with Crippen molar-refractivity contribution in [3.05, 3.63) is 58.9 Å². The molecule has 1 heterocycles. The van der Waals surface area contributed by atoms with Gasteiger partial charge in [-0.05, 0) is 42.8 Å². The fourth-order valence-electron chi connectivity index (χ4n) is 2.32. The number of pyridine rings is 1. The minimum Gasteiger partial charge on any atom is -0.350 e. The first-order valence-electron chi connectivity index (χ1n) is 8.06. The standard InChI is InChI=1S/C17H17ClF3N3O3S/c1-11(12-4-7-22-8-5-12)24-16(25)6-9-23-28(26,27)13-2-3-15(18)14(10-13)17(19,20)21/h2-5,7-8,10-11,23H,6,9H2,1H3,(H,24,25)/t11-/m0/s1. The third-order valence-electron chi connectivity index (χ3n) is 3.78. The van der Waals surface area contributed by atoms with Crippen molar-refractivity contribution in [2.45, 2.75) is 30.5 Å². The maximum absolute atomic E-state index is 12.9. The molecular formula is C17H17ClF3N3O3S. The van der Waals surface area contributed by atoms with Crippen LogP contribution in [0.1, 0.15) is 30.5 Å². The summed E-state index contributed by atoms with van der Waals surface area (Å²) in [5.41, 5.74) is -0.425. The molecule has 2 aromatic rings. The van der Waals surface area contributed by atoms with E-state index in [2.05, 4.69) is 15.0 Å². The van der Waals surface area contributed by atoms with E-state index in [9.17, 15) is 26.4 Å². The van der Waals surface area contributed by atoms with Crippen LogP contribution in [0.3, 0.4) is 0 Å². The van der Waals surface area contributed by atoms with E-state index >= 15 is 0 Å². The van der Waals surface area contributed by atoms with Crippen LogP contribution in [0.2, 0.25) is 5.02 Å². The topological polar surface area (TPSA) is 88.2 Å². The van der Waals surface area contributed by atoms with Crippen LogP contribution < -0.4 is 10.0 Å². The van der Waals surface area contributed by atoms with Crippen LogP contribution >= 0.6 is 11.6 Å². The number of aromatic nitrogens is 1. The van der Waals surface area contributed by atoms with E-state index in [1.165, 1.54) is 0 Å². The Kier molecular flexibility index (Phi) is 7.02. The number of sulfonamides is 1. The Labute approximate surface area is 165 Å². The Bertz CT molecular complexity index is 938. The van der Waals surface area contributed by atoms with E-state index in [0.717, 1.165) is 17.7 Å². The molecule has 0 aliphatic carbocycles. The molecule has 0 saturated heterocycles. The quantitative estimate of drug-likeness (QED) is 0.698. The summed E-state index contributed by atoms with van der Waals surface area (Å²) in [4.78, 5) is 15.2. The van der Waals surface area contributed by atoms with Crippen molar-refractivity contribution < 1.29 is 26.4 Å². The molecule has 0 radical (unpaired) electrons. The number of hydrogen-bond acceptors (Lipinski definition) is 4. The van der Waals surface area contributed by atoms with E-state index in [4.69, 9.17) is 11.6 Å². The summed E-state index contributed by atoms with van der Waals surface area (Å²) >= 11 is 5.48. The molecule has 0 bridgehead atoms. The second-order valence-corrected chi connectivity index (χ2v) is 8.03. The lowest BCUT2D eigenvalue weighted by Gasteiger charge is -2.14. The van der Waals surface area contributed by atoms with E-state index in [0.29, 0.717) is 6.07 Å². The minimum atomic E-state index is -4.79. The molecule has 2 N–H and O–H groups in total. The summed E-state index contributed by atoms with van der Waals surface area (Å²) in [6.07, 6.45) is -1.82. The van der Waals surface area contributed by atoms with Crippen molar-refractivity contribution in [1.29, 1.82) is 0 Å². The first kappa shape index (κ1) is 22.1. The maximum Gasteiger partial charge on any atom is 0.417 e. The van der Waals surface area contributed by atoms with Gasteiger partial charge in [0.2, 0.25) is 15.9 Å². The molecule has 0 aliphatic rings. The Hall–Kier alpha value is -2.17. The Morgan fingerprint density at radius 1 is 1.21 bits per heavy atom. The van der Waals surface area contributed by atoms with Crippen LogP contribution in [-0.2, 0) is 21.0 Å². The molecule has 0 aliphatic heterocycles. The zero-order valence-corrected chi connectivity index (χ0v) is 16.2. The number of hydrogen-bond donors (Lipinski definition) is 2. The molecule has 28 heavy (non-hydrogen) atoms. The number of carbonyl (C=O) groups excluding carboxylic acids is 1. The van der Waals surface area contributed by atoms with Gasteiger partial charge in [-0.15, -0.1) is 0 Å². The van der Waals surface area contributed by atoms with Crippen LogP contribution in [0.25, 0.3) is 0 Å². The molecule has 11 heteroatoms. The molecule has 0 spiro atoms. The molecule has 6 nitrogen and oxygen atoms in total. The summed E-state index contributed by atoms with van der Waals surface area (Å²) in [6.45, 7) is 1.48. The van der Waals surface area contributed by atoms with Gasteiger partial charge in [0.25, 0.3) is 0 Å². The fraction of sp³-hybridized carbons (Fsp3) is 0.294. The Morgan fingerprint density at radius 2 is 1.86 bits per heavy atom. The summed E-state index contributed by atoms with van der Waals surface area (Å²) in [5, 5.41) is 2.09. The van der Waals surface area contributed by atoms with Gasteiger partial charge in [0.05, 0.1) is 21.5 Å². The molecule has 2 rings (SSSR count). The Morgan fingerprint density at radius 3 is 2.46 bits per heavy atom.